The second-order valence-electron chi connectivity index (χ2n) is 15.4. The molecule has 8 atom stereocenters. The molecular formula is C39H56ClN3O10S2. The summed E-state index contributed by atoms with van der Waals surface area (Å²) in [5, 5.41) is 14.5. The monoisotopic (exact) mass is 825 g/mol. The fraction of sp³-hybridized carbons (Fsp3) is 0.641. The van der Waals surface area contributed by atoms with Gasteiger partial charge in [-0.3, -0.25) is 14.9 Å². The molecule has 0 radical (unpaired) electrons. The first-order valence-electron chi connectivity index (χ1n) is 18.3. The first kappa shape index (κ1) is 44.8. The Morgan fingerprint density at radius 3 is 2.58 bits per heavy atom. The number of carbonyl (C=O) groups is 4. The van der Waals surface area contributed by atoms with Crippen LogP contribution in [0.2, 0.25) is 5.02 Å². The molecule has 2 fully saturated rings. The number of esters is 1. The molecule has 0 aliphatic carbocycles. The molecule has 13 nitrogen and oxygen atoms in total. The van der Waals surface area contributed by atoms with Gasteiger partial charge in [0, 0.05) is 44.7 Å². The molecule has 8 unspecified atom stereocenters. The Morgan fingerprint density at radius 2 is 1.95 bits per heavy atom. The Balaban J connectivity index is 1.71. The van der Waals surface area contributed by atoms with Crippen LogP contribution in [0.15, 0.2) is 35.9 Å². The third-order valence-corrected chi connectivity index (χ3v) is 13.8. The van der Waals surface area contributed by atoms with E-state index < -0.39 is 65.7 Å². The van der Waals surface area contributed by atoms with E-state index in [0.29, 0.717) is 24.3 Å². The summed E-state index contributed by atoms with van der Waals surface area (Å²) >= 11 is 6.78. The Bertz CT molecular complexity index is 1680. The smallest absolute Gasteiger partial charge is 0.409 e. The van der Waals surface area contributed by atoms with Gasteiger partial charge in [0.25, 0.3) is 0 Å². The number of aliphatic hydroxyl groups is 1. The standard InChI is InChI=1S/C39H56ClN3O10S2/c1-22-13-12-14-29(50-10)39(48)21-28(51-36(47)41-39)23(2)34-38(6,53-34)30(20-32(45)43(8)26-18-25(17-22)19-27(49-9)33(26)40)52-35(46)24(3)42(7)31(44)15-16-37(4,5)55-54-11/h12-14,18-19,23-24,28-30,34,48H,15-17,20-21H2,1-11H3,(H,41,47). The largest absolute Gasteiger partial charge is 0.495 e. The van der Waals surface area contributed by atoms with Crippen molar-refractivity contribution >= 4 is 62.8 Å². The van der Waals surface area contributed by atoms with Crippen LogP contribution < -0.4 is 15.0 Å². The second kappa shape index (κ2) is 18.1. The number of carbonyl (C=O) groups excluding carboxylic acids is 4. The zero-order chi connectivity index (χ0) is 41.0. The number of hydrogen-bond acceptors (Lipinski definition) is 12. The number of allylic oxidation sites excluding steroid dienone is 3. The maximum absolute atomic E-state index is 14.2. The third kappa shape index (κ3) is 10.5. The van der Waals surface area contributed by atoms with Crippen molar-refractivity contribution in [3.63, 3.8) is 0 Å². The van der Waals surface area contributed by atoms with Crippen molar-refractivity contribution in [2.75, 3.05) is 39.5 Å². The SMILES string of the molecule is COc1cc2cc(c1Cl)N(C)C(=O)CC(OC(=O)C(C)N(C)C(=O)CCC(C)(C)SSC)C1(C)OC1C(C)C1CC(O)(NC(=O)O1)C(OC)C=CC=C(C)C2. The molecule has 4 rings (SSSR count). The first-order chi connectivity index (χ1) is 25.7. The Labute approximate surface area is 337 Å². The number of alkyl carbamates (subject to hydrolysis) is 1. The minimum Gasteiger partial charge on any atom is -0.495 e. The van der Waals surface area contributed by atoms with Crippen molar-refractivity contribution in [2.24, 2.45) is 5.92 Å². The lowest BCUT2D eigenvalue weighted by atomic mass is 9.83. The number of fused-ring (bicyclic) bond motifs is 5. The number of likely N-dealkylation sites (N-methyl/N-ethyl adjacent to an activating group) is 1. The lowest BCUT2D eigenvalue weighted by molar-refractivity contribution is -0.162. The Kier molecular flexibility index (Phi) is 14.7. The van der Waals surface area contributed by atoms with Crippen LogP contribution in [0, 0.1) is 5.92 Å². The summed E-state index contributed by atoms with van der Waals surface area (Å²) in [6.45, 7) is 11.2. The molecule has 0 spiro atoms. The summed E-state index contributed by atoms with van der Waals surface area (Å²) in [6.07, 6.45) is 3.81. The number of nitrogens with one attached hydrogen (secondary N) is 1. The van der Waals surface area contributed by atoms with Crippen LogP contribution >= 0.6 is 33.2 Å². The minimum atomic E-state index is -1.83. The summed E-state index contributed by atoms with van der Waals surface area (Å²) in [5.41, 5.74) is -0.900. The van der Waals surface area contributed by atoms with E-state index in [1.807, 2.05) is 26.2 Å². The maximum atomic E-state index is 14.2. The number of halogens is 1. The third-order valence-electron chi connectivity index (χ3n) is 10.8. The van der Waals surface area contributed by atoms with Crippen molar-refractivity contribution in [1.82, 2.24) is 10.2 Å². The summed E-state index contributed by atoms with van der Waals surface area (Å²) in [4.78, 5) is 56.9. The second-order valence-corrected chi connectivity index (χ2v) is 18.9. The molecule has 2 saturated heterocycles. The number of epoxide rings is 1. The lowest BCUT2D eigenvalue weighted by Gasteiger charge is -2.42. The maximum Gasteiger partial charge on any atom is 0.409 e. The molecule has 16 heteroatoms. The molecule has 3 heterocycles. The molecule has 0 saturated carbocycles. The van der Waals surface area contributed by atoms with Crippen molar-refractivity contribution in [2.45, 2.75) is 120 Å². The highest BCUT2D eigenvalue weighted by Crippen LogP contribution is 2.49. The van der Waals surface area contributed by atoms with Crippen molar-refractivity contribution in [3.05, 3.63) is 46.5 Å². The number of anilines is 1. The molecule has 4 bridgehead atoms. The van der Waals surface area contributed by atoms with Gasteiger partial charge in [-0.1, -0.05) is 63.9 Å². The number of nitrogens with zero attached hydrogens (tertiary/aromatic N) is 2. The van der Waals surface area contributed by atoms with E-state index in [1.165, 1.54) is 24.0 Å². The Morgan fingerprint density at radius 1 is 1.25 bits per heavy atom. The van der Waals surface area contributed by atoms with Crippen LogP contribution in [0.5, 0.6) is 5.75 Å². The predicted octanol–water partition coefficient (Wildman–Crippen LogP) is 6.08. The zero-order valence-corrected chi connectivity index (χ0v) is 36.0. The highest BCUT2D eigenvalue weighted by atomic mass is 35.5. The summed E-state index contributed by atoms with van der Waals surface area (Å²) in [6, 6.07) is 2.62. The molecule has 55 heavy (non-hydrogen) atoms. The van der Waals surface area contributed by atoms with Crippen LogP contribution in [0.4, 0.5) is 10.5 Å². The molecule has 3 aliphatic heterocycles. The zero-order valence-electron chi connectivity index (χ0n) is 33.6. The highest BCUT2D eigenvalue weighted by Gasteiger charge is 2.64. The molecule has 2 N–H and O–H groups in total. The Hall–Kier alpha value is -2.95. The number of hydrogen-bond donors (Lipinski definition) is 2. The van der Waals surface area contributed by atoms with Crippen molar-refractivity contribution in [3.8, 4) is 5.75 Å². The van der Waals surface area contributed by atoms with Gasteiger partial charge in [0.05, 0.1) is 25.3 Å². The molecular weight excluding hydrogens is 770 g/mol. The first-order valence-corrected chi connectivity index (χ1v) is 21.2. The normalized spacial score (nSPS) is 29.3. The van der Waals surface area contributed by atoms with Gasteiger partial charge in [0.1, 0.15) is 40.7 Å². The number of amides is 3. The lowest BCUT2D eigenvalue weighted by Crippen LogP contribution is -2.63. The summed E-state index contributed by atoms with van der Waals surface area (Å²) in [5.74, 6) is -1.50. The van der Waals surface area contributed by atoms with Gasteiger partial charge < -0.3 is 38.6 Å². The number of methoxy groups -OCH3 is 2. The summed E-state index contributed by atoms with van der Waals surface area (Å²) < 4.78 is 29.2. The van der Waals surface area contributed by atoms with Crippen LogP contribution in [-0.2, 0) is 39.8 Å². The van der Waals surface area contributed by atoms with E-state index in [9.17, 15) is 24.3 Å². The van der Waals surface area contributed by atoms with Crippen molar-refractivity contribution < 1.29 is 48.0 Å². The number of ether oxygens (including phenoxy) is 5. The molecule has 1 aromatic rings. The van der Waals surface area contributed by atoms with Gasteiger partial charge in [0.15, 0.2) is 5.72 Å². The topological polar surface area (TPSA) is 156 Å². The van der Waals surface area contributed by atoms with Gasteiger partial charge in [0.2, 0.25) is 11.8 Å². The van der Waals surface area contributed by atoms with E-state index >= 15 is 0 Å². The van der Waals surface area contributed by atoms with E-state index in [1.54, 1.807) is 73.8 Å². The van der Waals surface area contributed by atoms with E-state index in [4.69, 9.17) is 35.3 Å². The quantitative estimate of drug-likeness (QED) is 0.160. The van der Waals surface area contributed by atoms with Gasteiger partial charge in [-0.25, -0.2) is 9.59 Å². The minimum absolute atomic E-state index is 0.0478. The van der Waals surface area contributed by atoms with E-state index in [-0.39, 0.29) is 34.9 Å². The van der Waals surface area contributed by atoms with Gasteiger partial charge in [-0.05, 0) is 71.4 Å². The van der Waals surface area contributed by atoms with Crippen LogP contribution in [0.1, 0.15) is 72.8 Å². The van der Waals surface area contributed by atoms with E-state index in [0.717, 1.165) is 11.1 Å². The van der Waals surface area contributed by atoms with Crippen molar-refractivity contribution in [1.29, 1.82) is 0 Å². The fourth-order valence-corrected chi connectivity index (χ4v) is 9.62. The van der Waals surface area contributed by atoms with Crippen LogP contribution in [0.25, 0.3) is 0 Å². The molecule has 3 amide bonds. The van der Waals surface area contributed by atoms with Crippen LogP contribution in [0.3, 0.4) is 0 Å². The fourth-order valence-electron chi connectivity index (χ4n) is 7.07. The molecule has 1 aromatic carbocycles. The highest BCUT2D eigenvalue weighted by molar-refractivity contribution is 8.76. The molecule has 0 aromatic heterocycles. The van der Waals surface area contributed by atoms with Gasteiger partial charge >= 0.3 is 12.1 Å². The average Bonchev–Trinajstić information content (AvgIpc) is 3.82. The molecule has 3 aliphatic rings. The average molecular weight is 826 g/mol. The number of rotatable bonds is 10. The molecule has 306 valence electrons. The van der Waals surface area contributed by atoms with Crippen LogP contribution in [-0.4, -0.2) is 115 Å². The van der Waals surface area contributed by atoms with Gasteiger partial charge in [-0.15, -0.1) is 0 Å². The predicted molar refractivity (Wildman–Crippen MR) is 215 cm³/mol. The van der Waals surface area contributed by atoms with Gasteiger partial charge in [-0.2, -0.15) is 0 Å². The number of benzene rings is 1. The summed E-state index contributed by atoms with van der Waals surface area (Å²) in [7, 11) is 9.39. The van der Waals surface area contributed by atoms with E-state index in [2.05, 4.69) is 19.2 Å².